The average Bonchev–Trinajstić information content (AvgIpc) is 3.69. The van der Waals surface area contributed by atoms with Crippen molar-refractivity contribution in [3.63, 3.8) is 0 Å². The van der Waals surface area contributed by atoms with Crippen molar-refractivity contribution in [2.24, 2.45) is 5.92 Å². The Kier molecular flexibility index (Phi) is 7.21. The molecular weight excluding hydrogens is 452 g/mol. The fourth-order valence-electron chi connectivity index (χ4n) is 5.00. The first kappa shape index (κ1) is 23.9. The molecule has 5 rings (SSSR count). The highest BCUT2D eigenvalue weighted by Crippen LogP contribution is 2.40. The predicted octanol–water partition coefficient (Wildman–Crippen LogP) is 5.79. The lowest BCUT2D eigenvalue weighted by atomic mass is 9.90. The summed E-state index contributed by atoms with van der Waals surface area (Å²) in [5.41, 5.74) is 3.03. The monoisotopic (exact) mass is 484 g/mol. The van der Waals surface area contributed by atoms with Gasteiger partial charge in [0.15, 0.2) is 0 Å². The Morgan fingerprint density at radius 2 is 1.67 bits per heavy atom. The number of benzene rings is 3. The number of rotatable bonds is 7. The number of esters is 1. The molecule has 6 nitrogen and oxygen atoms in total. The van der Waals surface area contributed by atoms with Crippen LogP contribution in [0.2, 0.25) is 0 Å². The minimum atomic E-state index is -0.365. The minimum absolute atomic E-state index is 0.0745. The van der Waals surface area contributed by atoms with Gasteiger partial charge in [0.1, 0.15) is 11.5 Å². The fraction of sp³-hybridized carbons (Fsp3) is 0.333. The van der Waals surface area contributed by atoms with Gasteiger partial charge in [-0.2, -0.15) is 0 Å². The first-order chi connectivity index (χ1) is 17.6. The third-order valence-corrected chi connectivity index (χ3v) is 7.16. The SMILES string of the molecule is COC(=O)c1ccc(Oc2cccc(CC3CCN(C(=O)NC4CC4c4ccccc4)CC3)c2)cc1. The summed E-state index contributed by atoms with van der Waals surface area (Å²) in [6.07, 6.45) is 3.99. The molecule has 3 aromatic carbocycles. The standard InChI is InChI=1S/C30H32N2O4/c1-35-29(33)24-10-12-25(13-11-24)36-26-9-5-6-22(19-26)18-21-14-16-32(17-15-21)30(34)31-28-20-27(28)23-7-3-2-4-8-23/h2-13,19,21,27-28H,14-18,20H2,1H3,(H,31,34). The second-order valence-corrected chi connectivity index (χ2v) is 9.71. The van der Waals surface area contributed by atoms with Crippen molar-refractivity contribution < 1.29 is 19.1 Å². The van der Waals surface area contributed by atoms with E-state index in [-0.39, 0.29) is 18.0 Å². The van der Waals surface area contributed by atoms with Gasteiger partial charge in [-0.1, -0.05) is 42.5 Å². The van der Waals surface area contributed by atoms with E-state index in [1.165, 1.54) is 18.2 Å². The van der Waals surface area contributed by atoms with Crippen LogP contribution in [0.1, 0.15) is 46.7 Å². The Morgan fingerprint density at radius 3 is 2.39 bits per heavy atom. The lowest BCUT2D eigenvalue weighted by Gasteiger charge is -2.32. The molecule has 2 amide bonds. The summed E-state index contributed by atoms with van der Waals surface area (Å²) in [6, 6.07) is 25.8. The van der Waals surface area contributed by atoms with Gasteiger partial charge in [-0.25, -0.2) is 9.59 Å². The number of hydrogen-bond donors (Lipinski definition) is 1. The maximum absolute atomic E-state index is 12.8. The highest BCUT2D eigenvalue weighted by molar-refractivity contribution is 5.89. The lowest BCUT2D eigenvalue weighted by Crippen LogP contribution is -2.45. The van der Waals surface area contributed by atoms with Crippen molar-refractivity contribution in [3.05, 3.63) is 95.6 Å². The highest BCUT2D eigenvalue weighted by atomic mass is 16.5. The van der Waals surface area contributed by atoms with Gasteiger partial charge in [0.05, 0.1) is 12.7 Å². The molecule has 1 heterocycles. The van der Waals surface area contributed by atoms with Crippen LogP contribution in [0.25, 0.3) is 0 Å². The average molecular weight is 485 g/mol. The van der Waals surface area contributed by atoms with Crippen LogP contribution in [-0.4, -0.2) is 43.1 Å². The van der Waals surface area contributed by atoms with E-state index in [1.54, 1.807) is 24.3 Å². The van der Waals surface area contributed by atoms with Crippen LogP contribution in [0.4, 0.5) is 4.79 Å². The lowest BCUT2D eigenvalue weighted by molar-refractivity contribution is 0.0600. The van der Waals surface area contributed by atoms with Crippen LogP contribution in [0.3, 0.4) is 0 Å². The molecule has 3 aromatic rings. The number of carbonyl (C=O) groups is 2. The molecule has 186 valence electrons. The van der Waals surface area contributed by atoms with Gasteiger partial charge in [-0.05, 0) is 79.1 Å². The molecule has 1 aliphatic carbocycles. The number of nitrogens with one attached hydrogen (secondary N) is 1. The molecule has 36 heavy (non-hydrogen) atoms. The van der Waals surface area contributed by atoms with E-state index in [9.17, 15) is 9.59 Å². The summed E-state index contributed by atoms with van der Waals surface area (Å²) in [7, 11) is 1.37. The van der Waals surface area contributed by atoms with Crippen LogP contribution in [0.5, 0.6) is 11.5 Å². The Hall–Kier alpha value is -3.80. The molecule has 1 saturated heterocycles. The zero-order chi connectivity index (χ0) is 24.9. The number of likely N-dealkylation sites (tertiary alicyclic amines) is 1. The first-order valence-corrected chi connectivity index (χ1v) is 12.6. The number of ether oxygens (including phenoxy) is 2. The number of hydrogen-bond acceptors (Lipinski definition) is 4. The quantitative estimate of drug-likeness (QED) is 0.431. The smallest absolute Gasteiger partial charge is 0.337 e. The summed E-state index contributed by atoms with van der Waals surface area (Å²) >= 11 is 0. The van der Waals surface area contributed by atoms with Gasteiger partial charge >= 0.3 is 12.0 Å². The molecule has 1 N–H and O–H groups in total. The summed E-state index contributed by atoms with van der Waals surface area (Å²) in [6.45, 7) is 1.59. The van der Waals surface area contributed by atoms with Gasteiger partial charge in [-0.3, -0.25) is 0 Å². The largest absolute Gasteiger partial charge is 0.465 e. The summed E-state index contributed by atoms with van der Waals surface area (Å²) in [5, 5.41) is 3.23. The summed E-state index contributed by atoms with van der Waals surface area (Å²) in [5.74, 6) is 2.07. The van der Waals surface area contributed by atoms with E-state index in [0.29, 0.717) is 23.1 Å². The van der Waals surface area contributed by atoms with Gasteiger partial charge in [-0.15, -0.1) is 0 Å². The Morgan fingerprint density at radius 1 is 0.917 bits per heavy atom. The molecule has 0 spiro atoms. The number of urea groups is 1. The molecule has 1 aliphatic heterocycles. The van der Waals surface area contributed by atoms with Crippen molar-refractivity contribution in [1.82, 2.24) is 10.2 Å². The van der Waals surface area contributed by atoms with Crippen molar-refractivity contribution in [2.45, 2.75) is 37.6 Å². The number of carbonyl (C=O) groups excluding carboxylic acids is 2. The molecule has 0 bridgehead atoms. The number of nitrogens with zero attached hydrogens (tertiary/aromatic N) is 1. The van der Waals surface area contributed by atoms with Crippen LogP contribution < -0.4 is 10.1 Å². The molecular formula is C30H32N2O4. The number of methoxy groups -OCH3 is 1. The maximum Gasteiger partial charge on any atom is 0.337 e. The van der Waals surface area contributed by atoms with E-state index < -0.39 is 0 Å². The second kappa shape index (κ2) is 10.9. The molecule has 2 fully saturated rings. The third-order valence-electron chi connectivity index (χ3n) is 7.16. The van der Waals surface area contributed by atoms with Gasteiger partial charge < -0.3 is 19.7 Å². The normalized spacial score (nSPS) is 19.4. The van der Waals surface area contributed by atoms with Crippen LogP contribution in [0, 0.1) is 5.92 Å². The summed E-state index contributed by atoms with van der Waals surface area (Å²) < 4.78 is 10.7. The first-order valence-electron chi connectivity index (χ1n) is 12.6. The van der Waals surface area contributed by atoms with Crippen molar-refractivity contribution in [1.29, 1.82) is 0 Å². The van der Waals surface area contributed by atoms with Gasteiger partial charge in [0.25, 0.3) is 0 Å². The third kappa shape index (κ3) is 5.88. The molecule has 0 radical (unpaired) electrons. The van der Waals surface area contributed by atoms with Crippen molar-refractivity contribution >= 4 is 12.0 Å². The Labute approximate surface area is 212 Å². The molecule has 6 heteroatoms. The molecule has 1 saturated carbocycles. The van der Waals surface area contributed by atoms with E-state index in [4.69, 9.17) is 9.47 Å². The highest BCUT2D eigenvalue weighted by Gasteiger charge is 2.40. The fourth-order valence-corrected chi connectivity index (χ4v) is 5.00. The number of amides is 2. The van der Waals surface area contributed by atoms with Gasteiger partial charge in [0.2, 0.25) is 0 Å². The van der Waals surface area contributed by atoms with E-state index in [1.807, 2.05) is 23.1 Å². The van der Waals surface area contributed by atoms with E-state index in [2.05, 4.69) is 41.7 Å². The van der Waals surface area contributed by atoms with Crippen LogP contribution in [0.15, 0.2) is 78.9 Å². The maximum atomic E-state index is 12.8. The minimum Gasteiger partial charge on any atom is -0.465 e. The van der Waals surface area contributed by atoms with Crippen molar-refractivity contribution in [2.75, 3.05) is 20.2 Å². The zero-order valence-electron chi connectivity index (χ0n) is 20.6. The van der Waals surface area contributed by atoms with Crippen LogP contribution in [-0.2, 0) is 11.2 Å². The Balaban J connectivity index is 1.08. The zero-order valence-corrected chi connectivity index (χ0v) is 20.6. The van der Waals surface area contributed by atoms with E-state index in [0.717, 1.165) is 44.5 Å². The van der Waals surface area contributed by atoms with Crippen LogP contribution >= 0.6 is 0 Å². The predicted molar refractivity (Wildman–Crippen MR) is 138 cm³/mol. The molecule has 2 atom stereocenters. The summed E-state index contributed by atoms with van der Waals surface area (Å²) in [4.78, 5) is 26.3. The van der Waals surface area contributed by atoms with Gasteiger partial charge in [0, 0.05) is 25.0 Å². The molecule has 2 unspecified atom stereocenters. The van der Waals surface area contributed by atoms with E-state index >= 15 is 0 Å². The molecule has 2 aliphatic rings. The number of piperidine rings is 1. The van der Waals surface area contributed by atoms with Crippen molar-refractivity contribution in [3.8, 4) is 11.5 Å². The Bertz CT molecular complexity index is 1190. The second-order valence-electron chi connectivity index (χ2n) is 9.71. The topological polar surface area (TPSA) is 67.9 Å². The molecule has 0 aromatic heterocycles.